The number of nitrogens with zero attached hydrogens (tertiary/aromatic N) is 2. The van der Waals surface area contributed by atoms with E-state index in [1.807, 2.05) is 0 Å². The molecule has 0 aliphatic carbocycles. The van der Waals surface area contributed by atoms with E-state index in [0.717, 1.165) is 19.3 Å². The molecule has 0 spiro atoms. The van der Waals surface area contributed by atoms with E-state index in [1.165, 1.54) is 11.8 Å². The maximum Gasteiger partial charge on any atom is 0.133 e. The van der Waals surface area contributed by atoms with Crippen molar-refractivity contribution in [3.05, 3.63) is 0 Å². The van der Waals surface area contributed by atoms with Crippen molar-refractivity contribution in [3.63, 3.8) is 0 Å². The minimum Gasteiger partial charge on any atom is -0.231 e. The van der Waals surface area contributed by atoms with Crippen LogP contribution >= 0.6 is 24.0 Å². The lowest BCUT2D eigenvalue weighted by molar-refractivity contribution is 0.690. The Balaban J connectivity index is 3.70. The molecule has 0 aromatic rings. The zero-order chi connectivity index (χ0) is 9.23. The highest BCUT2D eigenvalue weighted by Crippen LogP contribution is 2.16. The third-order valence-corrected chi connectivity index (χ3v) is 2.41. The molecule has 0 saturated heterocycles. The molecule has 1 atom stereocenters. The number of aliphatic imine (C=N–C) groups is 1. The molecule has 0 N–H and O–H groups in total. The molecule has 0 aliphatic rings. The summed E-state index contributed by atoms with van der Waals surface area (Å²) in [7, 11) is 0. The summed E-state index contributed by atoms with van der Waals surface area (Å²) in [4.78, 5) is 3.84. The van der Waals surface area contributed by atoms with E-state index in [9.17, 15) is 0 Å². The first-order chi connectivity index (χ1) is 5.85. The smallest absolute Gasteiger partial charge is 0.133 e. The van der Waals surface area contributed by atoms with Gasteiger partial charge in [-0.3, -0.25) is 0 Å². The van der Waals surface area contributed by atoms with Gasteiger partial charge in [0, 0.05) is 5.25 Å². The second-order valence-corrected chi connectivity index (χ2v) is 3.67. The maximum absolute atomic E-state index is 8.46. The van der Waals surface area contributed by atoms with Crippen molar-refractivity contribution in [1.82, 2.24) is 0 Å². The predicted octanol–water partition coefficient (Wildman–Crippen LogP) is 2.86. The van der Waals surface area contributed by atoms with E-state index in [-0.39, 0.29) is 0 Å². The van der Waals surface area contributed by atoms with Gasteiger partial charge in [-0.05, 0) is 30.4 Å². The van der Waals surface area contributed by atoms with Gasteiger partial charge in [-0.2, -0.15) is 5.26 Å². The molecule has 4 heteroatoms. The first-order valence-electron chi connectivity index (χ1n) is 3.93. The molecule has 0 aromatic carbocycles. The fourth-order valence-electron chi connectivity index (χ4n) is 0.833. The number of nitriles is 1. The third-order valence-electron chi connectivity index (χ3n) is 1.46. The van der Waals surface area contributed by atoms with Crippen molar-refractivity contribution in [2.75, 3.05) is 6.54 Å². The van der Waals surface area contributed by atoms with E-state index < -0.39 is 0 Å². The van der Waals surface area contributed by atoms with Crippen molar-refractivity contribution in [2.45, 2.75) is 31.4 Å². The monoisotopic (exact) mass is 200 g/mol. The summed E-state index contributed by atoms with van der Waals surface area (Å²) < 4.78 is 0. The molecule has 12 heavy (non-hydrogen) atoms. The van der Waals surface area contributed by atoms with Crippen LogP contribution in [-0.4, -0.2) is 17.0 Å². The summed E-state index contributed by atoms with van der Waals surface area (Å²) in [5.74, 6) is 0. The van der Waals surface area contributed by atoms with E-state index in [4.69, 9.17) is 5.26 Å². The highest BCUT2D eigenvalue weighted by atomic mass is 32.2. The molecule has 0 heterocycles. The first-order valence-corrected chi connectivity index (χ1v) is 5.22. The molecule has 0 rings (SSSR count). The van der Waals surface area contributed by atoms with Gasteiger partial charge >= 0.3 is 0 Å². The van der Waals surface area contributed by atoms with E-state index >= 15 is 0 Å². The van der Waals surface area contributed by atoms with Crippen LogP contribution in [0.3, 0.4) is 0 Å². The Hall–Kier alpha value is -0.360. The summed E-state index contributed by atoms with van der Waals surface area (Å²) in [5.41, 5.74) is 0. The SMILES string of the molecule is CCCCC(CN=C=S)SC#N. The van der Waals surface area contributed by atoms with Crippen molar-refractivity contribution in [3.8, 4) is 5.40 Å². The highest BCUT2D eigenvalue weighted by molar-refractivity contribution is 8.04. The Kier molecular flexibility index (Phi) is 8.47. The van der Waals surface area contributed by atoms with Gasteiger partial charge in [0.05, 0.1) is 11.7 Å². The van der Waals surface area contributed by atoms with Crippen LogP contribution in [-0.2, 0) is 0 Å². The van der Waals surface area contributed by atoms with Gasteiger partial charge in [-0.15, -0.1) is 0 Å². The normalized spacial score (nSPS) is 11.3. The molecule has 1 unspecified atom stereocenters. The average molecular weight is 200 g/mol. The summed E-state index contributed by atoms with van der Waals surface area (Å²) in [6, 6.07) is 0. The summed E-state index contributed by atoms with van der Waals surface area (Å²) in [6.45, 7) is 2.76. The van der Waals surface area contributed by atoms with Crippen molar-refractivity contribution in [2.24, 2.45) is 4.99 Å². The van der Waals surface area contributed by atoms with E-state index in [1.54, 1.807) is 0 Å². The van der Waals surface area contributed by atoms with Crippen LogP contribution in [0.25, 0.3) is 0 Å². The van der Waals surface area contributed by atoms with Crippen LogP contribution in [0.4, 0.5) is 0 Å². The third kappa shape index (κ3) is 6.36. The number of hydrogen-bond acceptors (Lipinski definition) is 4. The van der Waals surface area contributed by atoms with Crippen LogP contribution in [0, 0.1) is 10.7 Å². The summed E-state index contributed by atoms with van der Waals surface area (Å²) >= 11 is 5.74. The summed E-state index contributed by atoms with van der Waals surface area (Å²) in [5, 5.41) is 13.2. The molecule has 0 aliphatic heterocycles. The van der Waals surface area contributed by atoms with Crippen molar-refractivity contribution < 1.29 is 0 Å². The number of unbranched alkanes of at least 4 members (excludes halogenated alkanes) is 1. The Morgan fingerprint density at radius 1 is 1.67 bits per heavy atom. The fraction of sp³-hybridized carbons (Fsp3) is 0.750. The average Bonchev–Trinajstić information content (AvgIpc) is 2.10. The molecule has 2 nitrogen and oxygen atoms in total. The second kappa shape index (κ2) is 8.73. The molecule has 0 amide bonds. The summed E-state index contributed by atoms with van der Waals surface area (Å²) in [6.07, 6.45) is 3.34. The molecule has 0 radical (unpaired) electrons. The quantitative estimate of drug-likeness (QED) is 0.376. The minimum absolute atomic E-state index is 0.297. The Morgan fingerprint density at radius 3 is 2.92 bits per heavy atom. The standard InChI is InChI=1S/C8H12N2S2/c1-2-3-4-8(12-6-9)5-10-7-11/h8H,2-5H2,1H3. The molecule has 66 valence electrons. The van der Waals surface area contributed by atoms with Gasteiger partial charge < -0.3 is 0 Å². The number of thioether (sulfide) groups is 1. The van der Waals surface area contributed by atoms with Gasteiger partial charge in [0.15, 0.2) is 0 Å². The minimum atomic E-state index is 0.297. The highest BCUT2D eigenvalue weighted by Gasteiger charge is 2.06. The molecular formula is C8H12N2S2. The number of thiocarbonyl (C=S) groups is 1. The number of thiocyanates is 1. The van der Waals surface area contributed by atoms with Crippen LogP contribution in [0.1, 0.15) is 26.2 Å². The lowest BCUT2D eigenvalue weighted by atomic mass is 10.2. The van der Waals surface area contributed by atoms with Gasteiger partial charge in [0.2, 0.25) is 0 Å². The van der Waals surface area contributed by atoms with Gasteiger partial charge in [0.1, 0.15) is 5.40 Å². The largest absolute Gasteiger partial charge is 0.231 e. The lowest BCUT2D eigenvalue weighted by Gasteiger charge is -2.06. The number of hydrogen-bond donors (Lipinski definition) is 0. The van der Waals surface area contributed by atoms with Crippen LogP contribution in [0.15, 0.2) is 4.99 Å². The zero-order valence-electron chi connectivity index (χ0n) is 7.12. The molecule has 0 fully saturated rings. The number of isothiocyanates is 1. The molecule has 0 bridgehead atoms. The Labute approximate surface area is 83.1 Å². The predicted molar refractivity (Wildman–Crippen MR) is 56.4 cm³/mol. The zero-order valence-corrected chi connectivity index (χ0v) is 8.75. The number of rotatable bonds is 6. The topological polar surface area (TPSA) is 36.1 Å². The van der Waals surface area contributed by atoms with E-state index in [2.05, 4.69) is 34.7 Å². The van der Waals surface area contributed by atoms with Crippen molar-refractivity contribution in [1.29, 1.82) is 5.26 Å². The van der Waals surface area contributed by atoms with Crippen molar-refractivity contribution >= 4 is 29.1 Å². The first kappa shape index (κ1) is 11.6. The van der Waals surface area contributed by atoms with Crippen LogP contribution in [0.5, 0.6) is 0 Å². The van der Waals surface area contributed by atoms with E-state index in [0.29, 0.717) is 11.8 Å². The van der Waals surface area contributed by atoms with Crippen LogP contribution < -0.4 is 0 Å². The second-order valence-electron chi connectivity index (χ2n) is 2.41. The Bertz CT molecular complexity index is 192. The molecular weight excluding hydrogens is 188 g/mol. The Morgan fingerprint density at radius 2 is 2.42 bits per heavy atom. The lowest BCUT2D eigenvalue weighted by Crippen LogP contribution is -2.05. The van der Waals surface area contributed by atoms with Gasteiger partial charge in [0.25, 0.3) is 0 Å². The molecule has 0 saturated carbocycles. The van der Waals surface area contributed by atoms with Crippen LogP contribution in [0.2, 0.25) is 0 Å². The van der Waals surface area contributed by atoms with Gasteiger partial charge in [-0.25, -0.2) is 4.99 Å². The molecule has 0 aromatic heterocycles. The maximum atomic E-state index is 8.46. The fourth-order valence-corrected chi connectivity index (χ4v) is 1.49. The van der Waals surface area contributed by atoms with Gasteiger partial charge in [-0.1, -0.05) is 19.8 Å².